The average molecular weight is 142 g/mol. The molecule has 1 fully saturated rings. The number of carbonyl (C=O) groups is 1. The highest BCUT2D eigenvalue weighted by Crippen LogP contribution is 2.25. The summed E-state index contributed by atoms with van der Waals surface area (Å²) in [5.41, 5.74) is 0. The molecule has 0 radical (unpaired) electrons. The summed E-state index contributed by atoms with van der Waals surface area (Å²) in [5, 5.41) is 0. The van der Waals surface area contributed by atoms with Gasteiger partial charge in [0.05, 0.1) is 0 Å². The molecule has 0 saturated heterocycles. The molecule has 0 heterocycles. The van der Waals surface area contributed by atoms with Crippen LogP contribution in [0.15, 0.2) is 0 Å². The van der Waals surface area contributed by atoms with Gasteiger partial charge >= 0.3 is 0 Å². The Kier molecular flexibility index (Phi) is 2.72. The summed E-state index contributed by atoms with van der Waals surface area (Å²) in [6.45, 7) is 2.72. The maximum Gasteiger partial charge on any atom is 0.293 e. The molecule has 0 N–H and O–H groups in total. The standard InChI is InChI=1S/C8H14O2/c1-7-4-2-3-5-8(7)10-6-9/h6-8H,2-5H2,1H3/t7-,8?/m1/s1. The van der Waals surface area contributed by atoms with Crippen molar-refractivity contribution in [3.8, 4) is 0 Å². The third-order valence-corrected chi connectivity index (χ3v) is 2.26. The van der Waals surface area contributed by atoms with E-state index in [1.165, 1.54) is 19.3 Å². The van der Waals surface area contributed by atoms with E-state index < -0.39 is 0 Å². The Morgan fingerprint density at radius 2 is 2.10 bits per heavy atom. The van der Waals surface area contributed by atoms with Crippen molar-refractivity contribution in [2.45, 2.75) is 38.7 Å². The molecular formula is C8H14O2. The second-order valence-electron chi connectivity index (χ2n) is 3.03. The molecule has 0 bridgehead atoms. The van der Waals surface area contributed by atoms with E-state index in [2.05, 4.69) is 6.92 Å². The van der Waals surface area contributed by atoms with Gasteiger partial charge in [0.2, 0.25) is 0 Å². The molecule has 0 aromatic rings. The summed E-state index contributed by atoms with van der Waals surface area (Å²) in [5.74, 6) is 0.568. The molecule has 2 atom stereocenters. The van der Waals surface area contributed by atoms with Gasteiger partial charge in [-0.15, -0.1) is 0 Å². The molecule has 2 nitrogen and oxygen atoms in total. The summed E-state index contributed by atoms with van der Waals surface area (Å²) >= 11 is 0. The Labute approximate surface area is 61.6 Å². The third-order valence-electron chi connectivity index (χ3n) is 2.26. The molecule has 1 aliphatic rings. The Morgan fingerprint density at radius 3 is 2.70 bits per heavy atom. The van der Waals surface area contributed by atoms with Crippen molar-refractivity contribution in [2.75, 3.05) is 0 Å². The van der Waals surface area contributed by atoms with Crippen LogP contribution in [0.25, 0.3) is 0 Å². The maximum absolute atomic E-state index is 10.00. The van der Waals surface area contributed by atoms with Crippen LogP contribution in [0, 0.1) is 5.92 Å². The lowest BCUT2D eigenvalue weighted by atomic mass is 9.88. The Balaban J connectivity index is 2.32. The topological polar surface area (TPSA) is 26.3 Å². The van der Waals surface area contributed by atoms with E-state index >= 15 is 0 Å². The van der Waals surface area contributed by atoms with E-state index in [1.54, 1.807) is 0 Å². The second-order valence-corrected chi connectivity index (χ2v) is 3.03. The van der Waals surface area contributed by atoms with E-state index in [-0.39, 0.29) is 6.10 Å². The lowest BCUT2D eigenvalue weighted by Crippen LogP contribution is -2.24. The molecule has 0 spiro atoms. The first-order valence-electron chi connectivity index (χ1n) is 3.93. The minimum Gasteiger partial charge on any atom is -0.464 e. The van der Waals surface area contributed by atoms with Gasteiger partial charge in [0, 0.05) is 0 Å². The Morgan fingerprint density at radius 1 is 1.40 bits per heavy atom. The van der Waals surface area contributed by atoms with Gasteiger partial charge in [0.1, 0.15) is 6.10 Å². The zero-order valence-corrected chi connectivity index (χ0v) is 6.38. The number of carbonyl (C=O) groups excluding carboxylic acids is 1. The number of rotatable bonds is 2. The van der Waals surface area contributed by atoms with Gasteiger partial charge in [-0.3, -0.25) is 4.79 Å². The fraction of sp³-hybridized carbons (Fsp3) is 0.875. The van der Waals surface area contributed by atoms with E-state index in [9.17, 15) is 4.79 Å². The smallest absolute Gasteiger partial charge is 0.293 e. The first-order valence-corrected chi connectivity index (χ1v) is 3.93. The quantitative estimate of drug-likeness (QED) is 0.549. The summed E-state index contributed by atoms with van der Waals surface area (Å²) in [4.78, 5) is 10.00. The number of hydrogen-bond donors (Lipinski definition) is 0. The average Bonchev–Trinajstić information content (AvgIpc) is 1.94. The van der Waals surface area contributed by atoms with Crippen LogP contribution in [0.4, 0.5) is 0 Å². The van der Waals surface area contributed by atoms with Gasteiger partial charge in [-0.25, -0.2) is 0 Å². The summed E-state index contributed by atoms with van der Waals surface area (Å²) in [7, 11) is 0. The molecule has 0 amide bonds. The first kappa shape index (κ1) is 7.58. The molecule has 0 aromatic heterocycles. The highest BCUT2D eigenvalue weighted by molar-refractivity contribution is 5.37. The Hall–Kier alpha value is -0.530. The van der Waals surface area contributed by atoms with Crippen molar-refractivity contribution in [1.82, 2.24) is 0 Å². The molecule has 1 unspecified atom stereocenters. The van der Waals surface area contributed by atoms with E-state index in [1.807, 2.05) is 0 Å². The van der Waals surface area contributed by atoms with Crippen molar-refractivity contribution < 1.29 is 9.53 Å². The molecule has 2 heteroatoms. The van der Waals surface area contributed by atoms with E-state index in [4.69, 9.17) is 4.74 Å². The largest absolute Gasteiger partial charge is 0.464 e. The monoisotopic (exact) mass is 142 g/mol. The normalized spacial score (nSPS) is 33.3. The van der Waals surface area contributed by atoms with Crippen molar-refractivity contribution in [2.24, 2.45) is 5.92 Å². The van der Waals surface area contributed by atoms with Crippen LogP contribution in [0.2, 0.25) is 0 Å². The molecular weight excluding hydrogens is 128 g/mol. The van der Waals surface area contributed by atoms with Crippen LogP contribution in [-0.2, 0) is 9.53 Å². The SMILES string of the molecule is C[C@@H]1CCCCC1OC=O. The van der Waals surface area contributed by atoms with E-state index in [0.29, 0.717) is 12.4 Å². The molecule has 58 valence electrons. The summed E-state index contributed by atoms with van der Waals surface area (Å²) < 4.78 is 4.91. The zero-order chi connectivity index (χ0) is 7.40. The van der Waals surface area contributed by atoms with Gasteiger partial charge in [-0.2, -0.15) is 0 Å². The molecule has 0 aliphatic heterocycles. The van der Waals surface area contributed by atoms with E-state index in [0.717, 1.165) is 6.42 Å². The van der Waals surface area contributed by atoms with Crippen LogP contribution < -0.4 is 0 Å². The van der Waals surface area contributed by atoms with Crippen LogP contribution in [0.1, 0.15) is 32.6 Å². The van der Waals surface area contributed by atoms with Gasteiger partial charge in [-0.1, -0.05) is 13.3 Å². The van der Waals surface area contributed by atoms with Crippen LogP contribution in [-0.4, -0.2) is 12.6 Å². The molecule has 1 saturated carbocycles. The van der Waals surface area contributed by atoms with Gasteiger partial charge in [0.15, 0.2) is 0 Å². The minimum absolute atomic E-state index is 0.200. The predicted octanol–water partition coefficient (Wildman–Crippen LogP) is 1.74. The third kappa shape index (κ3) is 1.72. The van der Waals surface area contributed by atoms with Gasteiger partial charge in [0.25, 0.3) is 6.47 Å². The molecule has 0 aromatic carbocycles. The number of ether oxygens (including phenoxy) is 1. The van der Waals surface area contributed by atoms with Crippen molar-refractivity contribution in [1.29, 1.82) is 0 Å². The first-order chi connectivity index (χ1) is 4.84. The van der Waals surface area contributed by atoms with Crippen molar-refractivity contribution >= 4 is 6.47 Å². The minimum atomic E-state index is 0.200. The van der Waals surface area contributed by atoms with Gasteiger partial charge < -0.3 is 4.74 Å². The zero-order valence-electron chi connectivity index (χ0n) is 6.38. The fourth-order valence-electron chi connectivity index (χ4n) is 1.56. The predicted molar refractivity (Wildman–Crippen MR) is 38.6 cm³/mol. The van der Waals surface area contributed by atoms with Crippen molar-refractivity contribution in [3.63, 3.8) is 0 Å². The van der Waals surface area contributed by atoms with Crippen LogP contribution >= 0.6 is 0 Å². The molecule has 1 rings (SSSR count). The van der Waals surface area contributed by atoms with Crippen LogP contribution in [0.5, 0.6) is 0 Å². The van der Waals surface area contributed by atoms with Gasteiger partial charge in [-0.05, 0) is 25.2 Å². The van der Waals surface area contributed by atoms with Crippen molar-refractivity contribution in [3.05, 3.63) is 0 Å². The highest BCUT2D eigenvalue weighted by Gasteiger charge is 2.21. The summed E-state index contributed by atoms with van der Waals surface area (Å²) in [6.07, 6.45) is 4.97. The number of hydrogen-bond acceptors (Lipinski definition) is 2. The fourth-order valence-corrected chi connectivity index (χ4v) is 1.56. The van der Waals surface area contributed by atoms with Crippen LogP contribution in [0.3, 0.4) is 0 Å². The highest BCUT2D eigenvalue weighted by atomic mass is 16.5. The second kappa shape index (κ2) is 3.59. The molecule has 10 heavy (non-hydrogen) atoms. The Bertz CT molecular complexity index is 112. The lowest BCUT2D eigenvalue weighted by Gasteiger charge is -2.26. The lowest BCUT2D eigenvalue weighted by molar-refractivity contribution is -0.137. The summed E-state index contributed by atoms with van der Waals surface area (Å²) in [6, 6.07) is 0. The molecule has 1 aliphatic carbocycles. The maximum atomic E-state index is 10.00.